The monoisotopic (exact) mass is 251 g/mol. The first kappa shape index (κ1) is 13.9. The molecule has 0 atom stereocenters. The number of carbonyl (C=O) groups excluding carboxylic acids is 1. The molecule has 0 amide bonds. The third kappa shape index (κ3) is 3.67. The number of para-hydroxylation sites is 1. The average Bonchev–Trinajstić information content (AvgIpc) is 2.34. The zero-order chi connectivity index (χ0) is 13.5. The molecule has 0 bridgehead atoms. The van der Waals surface area contributed by atoms with Gasteiger partial charge in [0.2, 0.25) is 0 Å². The van der Waals surface area contributed by atoms with E-state index in [1.54, 1.807) is 18.2 Å². The molecule has 96 valence electrons. The lowest BCUT2D eigenvalue weighted by Crippen LogP contribution is -2.05. The molecule has 1 N–H and O–H groups in total. The molecule has 6 heteroatoms. The molecule has 0 aliphatic heterocycles. The highest BCUT2D eigenvalue weighted by Gasteiger charge is 2.16. The minimum absolute atomic E-state index is 0.0932. The number of ether oxygens (including phenoxy) is 1. The summed E-state index contributed by atoms with van der Waals surface area (Å²) >= 11 is 0. The summed E-state index contributed by atoms with van der Waals surface area (Å²) in [6.45, 7) is 0.847. The van der Waals surface area contributed by atoms with Crippen molar-refractivity contribution in [1.29, 1.82) is 0 Å². The maximum absolute atomic E-state index is 10.9. The lowest BCUT2D eigenvalue weighted by molar-refractivity contribution is -0.385. The van der Waals surface area contributed by atoms with E-state index in [9.17, 15) is 14.9 Å². The molecule has 0 radical (unpaired) electrons. The second-order valence-electron chi connectivity index (χ2n) is 3.47. The molecule has 0 unspecified atom stereocenters. The smallest absolute Gasteiger partial charge is 0.302 e. The molecule has 0 heterocycles. The fraction of sp³-hybridized carbons (Fsp3) is 0.250. The van der Waals surface area contributed by atoms with Crippen molar-refractivity contribution in [1.82, 2.24) is 0 Å². The number of nitro groups is 1. The van der Waals surface area contributed by atoms with Crippen LogP contribution in [0.4, 0.5) is 5.69 Å². The minimum atomic E-state index is -0.520. The Labute approximate surface area is 104 Å². The van der Waals surface area contributed by atoms with Gasteiger partial charge in [0, 0.05) is 18.6 Å². The molecule has 1 aromatic rings. The Morgan fingerprint density at radius 3 is 2.72 bits per heavy atom. The Bertz CT molecular complexity index is 481. The van der Waals surface area contributed by atoms with Gasteiger partial charge in [-0.05, 0) is 6.07 Å². The average molecular weight is 251 g/mol. The Balaban J connectivity index is 3.10. The molecule has 0 spiro atoms. The minimum Gasteiger partial charge on any atom is -0.461 e. The van der Waals surface area contributed by atoms with Gasteiger partial charge in [-0.1, -0.05) is 18.2 Å². The lowest BCUT2D eigenvalue weighted by atomic mass is 10.0. The maximum atomic E-state index is 10.9. The van der Waals surface area contributed by atoms with E-state index in [4.69, 9.17) is 9.84 Å². The Hall–Kier alpha value is -2.21. The fourth-order valence-corrected chi connectivity index (χ4v) is 1.44. The highest BCUT2D eigenvalue weighted by atomic mass is 16.6. The van der Waals surface area contributed by atoms with Gasteiger partial charge in [-0.2, -0.15) is 0 Å². The van der Waals surface area contributed by atoms with Crippen LogP contribution in [0.5, 0.6) is 0 Å². The van der Waals surface area contributed by atoms with Gasteiger partial charge in [0.05, 0.1) is 17.1 Å². The van der Waals surface area contributed by atoms with Crippen molar-refractivity contribution in [3.05, 3.63) is 46.0 Å². The first-order valence-corrected chi connectivity index (χ1v) is 5.23. The van der Waals surface area contributed by atoms with E-state index in [-0.39, 0.29) is 18.9 Å². The number of hydrogen-bond donors (Lipinski definition) is 1. The van der Waals surface area contributed by atoms with E-state index in [0.29, 0.717) is 11.1 Å². The highest BCUT2D eigenvalue weighted by Crippen LogP contribution is 2.25. The van der Waals surface area contributed by atoms with Crippen LogP contribution in [-0.2, 0) is 9.53 Å². The van der Waals surface area contributed by atoms with Crippen LogP contribution in [-0.4, -0.2) is 29.2 Å². The predicted molar refractivity (Wildman–Crippen MR) is 64.8 cm³/mol. The molecular formula is C12H13NO5. The molecule has 0 saturated heterocycles. The first-order chi connectivity index (χ1) is 8.56. The van der Waals surface area contributed by atoms with Gasteiger partial charge in [-0.25, -0.2) is 0 Å². The van der Waals surface area contributed by atoms with E-state index >= 15 is 0 Å². The third-order valence-corrected chi connectivity index (χ3v) is 2.22. The van der Waals surface area contributed by atoms with E-state index in [0.717, 1.165) is 0 Å². The van der Waals surface area contributed by atoms with Crippen molar-refractivity contribution in [2.45, 2.75) is 6.92 Å². The molecule has 6 nitrogen and oxygen atoms in total. The standard InChI is InChI=1S/C12H13NO5/c1-9(15)18-8-10(6-7-14)11-4-2-3-5-12(11)13(16)17/h2-6,14H,7-8H2,1H3/b10-6-. The topological polar surface area (TPSA) is 89.7 Å². The van der Waals surface area contributed by atoms with Crippen molar-refractivity contribution < 1.29 is 19.6 Å². The number of carbonyl (C=O) groups is 1. The number of esters is 1. The summed E-state index contributed by atoms with van der Waals surface area (Å²) in [5, 5.41) is 19.8. The number of nitrogens with zero attached hydrogens (tertiary/aromatic N) is 1. The van der Waals surface area contributed by atoms with Gasteiger partial charge in [0.15, 0.2) is 0 Å². The molecular weight excluding hydrogens is 238 g/mol. The second kappa shape index (κ2) is 6.51. The lowest BCUT2D eigenvalue weighted by Gasteiger charge is -2.08. The largest absolute Gasteiger partial charge is 0.461 e. The number of aliphatic hydroxyl groups is 1. The van der Waals surface area contributed by atoms with Crippen LogP contribution in [0.2, 0.25) is 0 Å². The van der Waals surface area contributed by atoms with Gasteiger partial charge in [0.1, 0.15) is 6.61 Å². The van der Waals surface area contributed by atoms with Gasteiger partial charge in [-0.3, -0.25) is 14.9 Å². The summed E-state index contributed by atoms with van der Waals surface area (Å²) in [7, 11) is 0. The molecule has 0 aliphatic carbocycles. The molecule has 0 saturated carbocycles. The highest BCUT2D eigenvalue weighted by molar-refractivity contribution is 5.75. The van der Waals surface area contributed by atoms with Gasteiger partial charge in [-0.15, -0.1) is 0 Å². The SMILES string of the molecule is CC(=O)OC/C(=C/CO)c1ccccc1[N+](=O)[O-]. The molecule has 1 rings (SSSR count). The first-order valence-electron chi connectivity index (χ1n) is 5.23. The van der Waals surface area contributed by atoms with E-state index in [1.807, 2.05) is 0 Å². The third-order valence-electron chi connectivity index (χ3n) is 2.22. The zero-order valence-corrected chi connectivity index (χ0v) is 9.83. The summed E-state index contributed by atoms with van der Waals surface area (Å²) in [6, 6.07) is 6.09. The van der Waals surface area contributed by atoms with Crippen LogP contribution in [0.1, 0.15) is 12.5 Å². The van der Waals surface area contributed by atoms with E-state index < -0.39 is 10.9 Å². The molecule has 18 heavy (non-hydrogen) atoms. The molecule has 0 fully saturated rings. The van der Waals surface area contributed by atoms with Crippen molar-refractivity contribution in [2.75, 3.05) is 13.2 Å². The summed E-state index contributed by atoms with van der Waals surface area (Å²) < 4.78 is 4.80. The Morgan fingerprint density at radius 1 is 1.50 bits per heavy atom. The fourth-order valence-electron chi connectivity index (χ4n) is 1.44. The van der Waals surface area contributed by atoms with Crippen molar-refractivity contribution in [3.8, 4) is 0 Å². The number of rotatable bonds is 5. The van der Waals surface area contributed by atoms with Crippen molar-refractivity contribution >= 4 is 17.2 Å². The van der Waals surface area contributed by atoms with Crippen molar-refractivity contribution in [2.24, 2.45) is 0 Å². The van der Waals surface area contributed by atoms with Gasteiger partial charge >= 0.3 is 5.97 Å². The summed E-state index contributed by atoms with van der Waals surface area (Å²) in [5.74, 6) is -0.488. The van der Waals surface area contributed by atoms with Crippen LogP contribution >= 0.6 is 0 Å². The van der Waals surface area contributed by atoms with Crippen LogP contribution in [0.15, 0.2) is 30.3 Å². The zero-order valence-electron chi connectivity index (χ0n) is 9.83. The van der Waals surface area contributed by atoms with Crippen LogP contribution in [0, 0.1) is 10.1 Å². The number of aliphatic hydroxyl groups excluding tert-OH is 1. The van der Waals surface area contributed by atoms with Crippen LogP contribution < -0.4 is 0 Å². The predicted octanol–water partition coefficient (Wildman–Crippen LogP) is 1.53. The summed E-state index contributed by atoms with van der Waals surface area (Å²) in [4.78, 5) is 21.1. The number of benzene rings is 1. The Morgan fingerprint density at radius 2 is 2.17 bits per heavy atom. The summed E-state index contributed by atoms with van der Waals surface area (Å²) in [6.07, 6.45) is 1.38. The van der Waals surface area contributed by atoms with Crippen molar-refractivity contribution in [3.63, 3.8) is 0 Å². The summed E-state index contributed by atoms with van der Waals surface area (Å²) in [5.41, 5.74) is 0.641. The van der Waals surface area contributed by atoms with Crippen LogP contribution in [0.3, 0.4) is 0 Å². The quantitative estimate of drug-likeness (QED) is 0.487. The molecule has 1 aromatic carbocycles. The molecule has 0 aromatic heterocycles. The van der Waals surface area contributed by atoms with Crippen LogP contribution in [0.25, 0.3) is 5.57 Å². The number of nitro benzene ring substituents is 1. The number of hydrogen-bond acceptors (Lipinski definition) is 5. The Kier molecular flexibility index (Phi) is 5.01. The molecule has 0 aliphatic rings. The van der Waals surface area contributed by atoms with Gasteiger partial charge < -0.3 is 9.84 Å². The normalized spacial score (nSPS) is 11.1. The maximum Gasteiger partial charge on any atom is 0.302 e. The second-order valence-corrected chi connectivity index (χ2v) is 3.47. The van der Waals surface area contributed by atoms with E-state index in [1.165, 1.54) is 19.1 Å². The van der Waals surface area contributed by atoms with E-state index in [2.05, 4.69) is 0 Å². The van der Waals surface area contributed by atoms with Gasteiger partial charge in [0.25, 0.3) is 5.69 Å².